The first kappa shape index (κ1) is 17.6. The zero-order chi connectivity index (χ0) is 17.7. The van der Waals surface area contributed by atoms with Gasteiger partial charge in [-0.05, 0) is 48.1 Å². The van der Waals surface area contributed by atoms with Gasteiger partial charge in [0, 0.05) is 10.2 Å². The molecule has 2 heterocycles. The van der Waals surface area contributed by atoms with E-state index in [9.17, 15) is 4.79 Å². The molecule has 0 aliphatic carbocycles. The van der Waals surface area contributed by atoms with E-state index in [1.54, 1.807) is 34.9 Å². The predicted octanol–water partition coefficient (Wildman–Crippen LogP) is 5.50. The lowest BCUT2D eigenvalue weighted by Crippen LogP contribution is -2.33. The number of carbonyl (C=O) groups excluding carboxylic acids is 1. The molecule has 8 heteroatoms. The number of fused-ring (bicyclic) bond motifs is 1. The summed E-state index contributed by atoms with van der Waals surface area (Å²) in [5, 5.41) is 1.39. The van der Waals surface area contributed by atoms with Crippen molar-refractivity contribution >= 4 is 79.8 Å². The van der Waals surface area contributed by atoms with Crippen LogP contribution in [0.5, 0.6) is 0 Å². The van der Waals surface area contributed by atoms with Crippen LogP contribution in [0.4, 0.5) is 5.69 Å². The van der Waals surface area contributed by atoms with Gasteiger partial charge < -0.3 is 4.90 Å². The maximum atomic E-state index is 12.9. The number of halogens is 3. The first-order chi connectivity index (χ1) is 12.0. The monoisotopic (exact) mass is 472 g/mol. The van der Waals surface area contributed by atoms with Crippen molar-refractivity contribution in [1.82, 2.24) is 4.90 Å². The fraction of sp³-hybridized carbons (Fsp3) is 0.176. The van der Waals surface area contributed by atoms with Crippen molar-refractivity contribution in [3.63, 3.8) is 0 Å². The average Bonchev–Trinajstić information content (AvgIpc) is 3.12. The van der Waals surface area contributed by atoms with Crippen molar-refractivity contribution in [2.45, 2.75) is 11.4 Å². The molecule has 0 N–H and O–H groups in total. The number of anilines is 1. The molecule has 0 spiro atoms. The summed E-state index contributed by atoms with van der Waals surface area (Å²) in [6, 6.07) is 13.0. The molecule has 0 aromatic heterocycles. The number of nitrogens with zero attached hydrogens (tertiary/aromatic N) is 2. The number of carbonyl (C=O) groups is 1. The van der Waals surface area contributed by atoms with Crippen LogP contribution in [-0.2, 0) is 4.79 Å². The molecular formula is C17H11BrCl2N2OS2. The normalized spacial score (nSPS) is 22.7. The molecule has 2 atom stereocenters. The molecule has 128 valence electrons. The summed E-state index contributed by atoms with van der Waals surface area (Å²) in [7, 11) is 0. The quantitative estimate of drug-likeness (QED) is 0.537. The van der Waals surface area contributed by atoms with Gasteiger partial charge in [0.25, 0.3) is 5.91 Å². The highest BCUT2D eigenvalue weighted by atomic mass is 79.9. The molecule has 2 aromatic carbocycles. The van der Waals surface area contributed by atoms with Crippen molar-refractivity contribution in [1.29, 1.82) is 0 Å². The highest BCUT2D eigenvalue weighted by Gasteiger charge is 2.50. The SMILES string of the molecule is O=C1C2CSC(c3ccc(Br)cc3)N2C(=S)N1c1ccc(Cl)c(Cl)c1. The van der Waals surface area contributed by atoms with Crippen LogP contribution in [0.25, 0.3) is 0 Å². The van der Waals surface area contributed by atoms with Crippen LogP contribution < -0.4 is 4.90 Å². The van der Waals surface area contributed by atoms with Crippen LogP contribution in [0.1, 0.15) is 10.9 Å². The third kappa shape index (κ3) is 2.98. The molecule has 1 amide bonds. The van der Waals surface area contributed by atoms with E-state index in [4.69, 9.17) is 35.4 Å². The van der Waals surface area contributed by atoms with Gasteiger partial charge in [-0.3, -0.25) is 9.69 Å². The van der Waals surface area contributed by atoms with Crippen LogP contribution in [0.3, 0.4) is 0 Å². The fourth-order valence-electron chi connectivity index (χ4n) is 3.04. The number of hydrogen-bond acceptors (Lipinski definition) is 3. The number of thioether (sulfide) groups is 1. The summed E-state index contributed by atoms with van der Waals surface area (Å²) < 4.78 is 1.02. The topological polar surface area (TPSA) is 23.6 Å². The van der Waals surface area contributed by atoms with Gasteiger partial charge in [0.15, 0.2) is 5.11 Å². The first-order valence-corrected chi connectivity index (χ1v) is 10.5. The highest BCUT2D eigenvalue weighted by Crippen LogP contribution is 2.46. The highest BCUT2D eigenvalue weighted by molar-refractivity contribution is 9.10. The van der Waals surface area contributed by atoms with E-state index in [1.165, 1.54) is 0 Å². The molecule has 2 aliphatic heterocycles. The number of amides is 1. The maximum Gasteiger partial charge on any atom is 0.257 e. The second-order valence-electron chi connectivity index (χ2n) is 5.71. The summed E-state index contributed by atoms with van der Waals surface area (Å²) in [6.07, 6.45) is 0. The Balaban J connectivity index is 1.68. The smallest absolute Gasteiger partial charge is 0.257 e. The van der Waals surface area contributed by atoms with Crippen LogP contribution in [-0.4, -0.2) is 27.7 Å². The Morgan fingerprint density at radius 3 is 2.52 bits per heavy atom. The molecule has 2 aliphatic rings. The van der Waals surface area contributed by atoms with E-state index in [2.05, 4.69) is 28.1 Å². The van der Waals surface area contributed by atoms with Crippen LogP contribution in [0, 0.1) is 0 Å². The summed E-state index contributed by atoms with van der Waals surface area (Å²) in [5.74, 6) is 0.688. The minimum absolute atomic E-state index is 0.0181. The van der Waals surface area contributed by atoms with Crippen LogP contribution in [0.2, 0.25) is 10.0 Å². The van der Waals surface area contributed by atoms with E-state index >= 15 is 0 Å². The zero-order valence-corrected chi connectivity index (χ0v) is 17.4. The van der Waals surface area contributed by atoms with E-state index in [0.29, 0.717) is 26.6 Å². The van der Waals surface area contributed by atoms with Crippen molar-refractivity contribution in [2.75, 3.05) is 10.7 Å². The third-order valence-electron chi connectivity index (χ3n) is 4.23. The van der Waals surface area contributed by atoms with Gasteiger partial charge in [-0.2, -0.15) is 0 Å². The van der Waals surface area contributed by atoms with Gasteiger partial charge in [-0.1, -0.05) is 51.3 Å². The standard InChI is InChI=1S/C17H11BrCl2N2OS2/c18-10-3-1-9(2-4-10)16-22-14(8-25-16)15(23)21(17(22)24)11-5-6-12(19)13(20)7-11/h1-7,14,16H,8H2. The molecule has 0 radical (unpaired) electrons. The summed E-state index contributed by atoms with van der Waals surface area (Å²) >= 11 is 22.9. The average molecular weight is 474 g/mol. The molecule has 25 heavy (non-hydrogen) atoms. The molecule has 2 saturated heterocycles. The Morgan fingerprint density at radius 2 is 1.84 bits per heavy atom. The Kier molecular flexibility index (Phi) is 4.75. The second-order valence-corrected chi connectivity index (χ2v) is 8.92. The molecule has 2 fully saturated rings. The minimum atomic E-state index is -0.249. The maximum absolute atomic E-state index is 12.9. The minimum Gasteiger partial charge on any atom is -0.319 e. The number of rotatable bonds is 2. The summed E-state index contributed by atoms with van der Waals surface area (Å²) in [4.78, 5) is 16.5. The third-order valence-corrected chi connectivity index (χ3v) is 7.22. The van der Waals surface area contributed by atoms with Crippen molar-refractivity contribution in [3.8, 4) is 0 Å². The van der Waals surface area contributed by atoms with Crippen molar-refractivity contribution in [3.05, 3.63) is 62.5 Å². The van der Waals surface area contributed by atoms with Gasteiger partial charge in [-0.25, -0.2) is 0 Å². The summed E-state index contributed by atoms with van der Waals surface area (Å²) in [6.45, 7) is 0. The fourth-order valence-corrected chi connectivity index (χ4v) is 5.51. The van der Waals surface area contributed by atoms with Crippen LogP contribution in [0.15, 0.2) is 46.9 Å². The molecule has 0 bridgehead atoms. The number of hydrogen-bond donors (Lipinski definition) is 0. The van der Waals surface area contributed by atoms with E-state index in [0.717, 1.165) is 10.0 Å². The van der Waals surface area contributed by atoms with E-state index < -0.39 is 0 Å². The molecule has 3 nitrogen and oxygen atoms in total. The lowest BCUT2D eigenvalue weighted by Gasteiger charge is -2.25. The Morgan fingerprint density at radius 1 is 1.12 bits per heavy atom. The number of benzene rings is 2. The first-order valence-electron chi connectivity index (χ1n) is 7.46. The van der Waals surface area contributed by atoms with Gasteiger partial charge in [-0.15, -0.1) is 11.8 Å². The lowest BCUT2D eigenvalue weighted by molar-refractivity contribution is -0.119. The van der Waals surface area contributed by atoms with Crippen LogP contribution >= 0.6 is 63.1 Å². The Labute approximate surface area is 173 Å². The van der Waals surface area contributed by atoms with Gasteiger partial charge in [0.1, 0.15) is 11.4 Å². The van der Waals surface area contributed by atoms with Gasteiger partial charge in [0.05, 0.1) is 15.7 Å². The van der Waals surface area contributed by atoms with Gasteiger partial charge >= 0.3 is 0 Å². The molecule has 2 aromatic rings. The van der Waals surface area contributed by atoms with Gasteiger partial charge in [0.2, 0.25) is 0 Å². The molecular weight excluding hydrogens is 463 g/mol. The molecule has 0 saturated carbocycles. The molecule has 2 unspecified atom stereocenters. The van der Waals surface area contributed by atoms with E-state index in [1.807, 2.05) is 17.0 Å². The lowest BCUT2D eigenvalue weighted by atomic mass is 10.2. The van der Waals surface area contributed by atoms with Crippen molar-refractivity contribution in [2.24, 2.45) is 0 Å². The van der Waals surface area contributed by atoms with Crippen molar-refractivity contribution < 1.29 is 4.79 Å². The second kappa shape index (κ2) is 6.74. The van der Waals surface area contributed by atoms with E-state index in [-0.39, 0.29) is 17.3 Å². The number of thiocarbonyl (C=S) groups is 1. The Bertz CT molecular complexity index is 877. The predicted molar refractivity (Wildman–Crippen MR) is 112 cm³/mol. The molecule has 4 rings (SSSR count). The summed E-state index contributed by atoms with van der Waals surface area (Å²) in [5.41, 5.74) is 1.78. The largest absolute Gasteiger partial charge is 0.319 e. The zero-order valence-electron chi connectivity index (χ0n) is 12.7. The Hall–Kier alpha value is -0.790.